The molecule has 0 amide bonds. The number of aromatic nitrogens is 3. The van der Waals surface area contributed by atoms with Crippen molar-refractivity contribution in [2.24, 2.45) is 0 Å². The molecule has 0 aliphatic heterocycles. The van der Waals surface area contributed by atoms with Crippen molar-refractivity contribution < 1.29 is 0 Å². The van der Waals surface area contributed by atoms with E-state index in [0.29, 0.717) is 12.2 Å². The van der Waals surface area contributed by atoms with Crippen LogP contribution in [-0.4, -0.2) is 15.0 Å². The maximum absolute atomic E-state index is 5.49. The van der Waals surface area contributed by atoms with E-state index in [-0.39, 0.29) is 11.9 Å². The van der Waals surface area contributed by atoms with Gasteiger partial charge >= 0.3 is 0 Å². The molecule has 0 aliphatic carbocycles. The Balaban J connectivity index is 2.22. The fraction of sp³-hybridized carbons (Fsp3) is 0.0833. The summed E-state index contributed by atoms with van der Waals surface area (Å²) in [4.78, 5) is 11.7. The Kier molecular flexibility index (Phi) is 2.88. The van der Waals surface area contributed by atoms with Crippen molar-refractivity contribution >= 4 is 11.9 Å². The Bertz CT molecular complexity index is 548. The van der Waals surface area contributed by atoms with Crippen LogP contribution in [0.1, 0.15) is 17.0 Å². The van der Waals surface area contributed by atoms with Crippen LogP contribution in [0.3, 0.4) is 0 Å². The van der Waals surface area contributed by atoms with E-state index in [1.807, 2.05) is 24.3 Å². The smallest absolute Gasteiger partial charge is 0.225 e. The second-order valence-corrected chi connectivity index (χ2v) is 3.49. The van der Waals surface area contributed by atoms with E-state index in [1.54, 1.807) is 0 Å². The van der Waals surface area contributed by atoms with E-state index in [9.17, 15) is 0 Å². The minimum absolute atomic E-state index is 0.132. The van der Waals surface area contributed by atoms with Crippen molar-refractivity contribution in [3.8, 4) is 12.3 Å². The monoisotopic (exact) mass is 225 g/mol. The molecule has 17 heavy (non-hydrogen) atoms. The van der Waals surface area contributed by atoms with E-state index < -0.39 is 0 Å². The number of anilines is 2. The second kappa shape index (κ2) is 4.49. The molecule has 0 radical (unpaired) electrons. The van der Waals surface area contributed by atoms with Crippen LogP contribution in [0.2, 0.25) is 0 Å². The third-order valence-corrected chi connectivity index (χ3v) is 2.20. The maximum Gasteiger partial charge on any atom is 0.225 e. The van der Waals surface area contributed by atoms with Crippen LogP contribution in [-0.2, 0) is 6.42 Å². The SMILES string of the molecule is C#Cc1ccc(Cc2nc(N)nc(N)n2)cc1. The molecule has 2 rings (SSSR count). The van der Waals surface area contributed by atoms with Gasteiger partial charge in [-0.25, -0.2) is 0 Å². The molecule has 0 saturated heterocycles. The van der Waals surface area contributed by atoms with Crippen LogP contribution in [0.5, 0.6) is 0 Å². The molecule has 0 fully saturated rings. The molecule has 2 aromatic rings. The number of benzene rings is 1. The lowest BCUT2D eigenvalue weighted by Gasteiger charge is -2.02. The molecule has 0 spiro atoms. The molecule has 5 nitrogen and oxygen atoms in total. The van der Waals surface area contributed by atoms with E-state index >= 15 is 0 Å². The summed E-state index contributed by atoms with van der Waals surface area (Å²) >= 11 is 0. The molecule has 1 aromatic carbocycles. The average molecular weight is 225 g/mol. The molecule has 4 N–H and O–H groups in total. The largest absolute Gasteiger partial charge is 0.368 e. The Morgan fingerprint density at radius 3 is 2.12 bits per heavy atom. The van der Waals surface area contributed by atoms with E-state index in [1.165, 1.54) is 0 Å². The third kappa shape index (κ3) is 2.69. The van der Waals surface area contributed by atoms with Gasteiger partial charge in [-0.15, -0.1) is 6.42 Å². The zero-order valence-corrected chi connectivity index (χ0v) is 9.09. The van der Waals surface area contributed by atoms with Gasteiger partial charge in [-0.1, -0.05) is 18.1 Å². The summed E-state index contributed by atoms with van der Waals surface area (Å²) in [5, 5.41) is 0. The number of rotatable bonds is 2. The van der Waals surface area contributed by atoms with Gasteiger partial charge in [0.2, 0.25) is 11.9 Å². The molecule has 0 aliphatic rings. The van der Waals surface area contributed by atoms with Gasteiger partial charge in [0.25, 0.3) is 0 Å². The predicted molar refractivity (Wildman–Crippen MR) is 65.8 cm³/mol. The van der Waals surface area contributed by atoms with Crippen molar-refractivity contribution in [2.75, 3.05) is 11.5 Å². The molecular weight excluding hydrogens is 214 g/mol. The molecule has 5 heteroatoms. The predicted octanol–water partition coefficient (Wildman–Crippen LogP) is 0.608. The molecule has 0 bridgehead atoms. The van der Waals surface area contributed by atoms with Crippen molar-refractivity contribution in [2.45, 2.75) is 6.42 Å². The third-order valence-electron chi connectivity index (χ3n) is 2.20. The highest BCUT2D eigenvalue weighted by Gasteiger charge is 2.03. The lowest BCUT2D eigenvalue weighted by molar-refractivity contribution is 0.939. The van der Waals surface area contributed by atoms with Crippen molar-refractivity contribution in [1.82, 2.24) is 15.0 Å². The summed E-state index contributed by atoms with van der Waals surface area (Å²) in [5.74, 6) is 3.36. The minimum atomic E-state index is 0.132. The minimum Gasteiger partial charge on any atom is -0.368 e. The normalized spacial score (nSPS) is 9.82. The lowest BCUT2D eigenvalue weighted by Crippen LogP contribution is -2.07. The lowest BCUT2D eigenvalue weighted by atomic mass is 10.1. The number of nitrogen functional groups attached to an aromatic ring is 2. The Hall–Kier alpha value is -2.61. The number of nitrogens with zero attached hydrogens (tertiary/aromatic N) is 3. The van der Waals surface area contributed by atoms with Crippen LogP contribution in [0, 0.1) is 12.3 Å². The van der Waals surface area contributed by atoms with E-state index in [4.69, 9.17) is 17.9 Å². The second-order valence-electron chi connectivity index (χ2n) is 3.49. The van der Waals surface area contributed by atoms with Crippen molar-refractivity contribution in [3.63, 3.8) is 0 Å². The highest BCUT2D eigenvalue weighted by molar-refractivity contribution is 5.35. The van der Waals surface area contributed by atoms with E-state index in [0.717, 1.165) is 11.1 Å². The molecular formula is C12H11N5. The van der Waals surface area contributed by atoms with Gasteiger partial charge in [0, 0.05) is 12.0 Å². The summed E-state index contributed by atoms with van der Waals surface area (Å²) in [6.07, 6.45) is 5.82. The zero-order chi connectivity index (χ0) is 12.3. The Morgan fingerprint density at radius 2 is 1.59 bits per heavy atom. The highest BCUT2D eigenvalue weighted by Crippen LogP contribution is 2.09. The first kappa shape index (κ1) is 10.9. The summed E-state index contributed by atoms with van der Waals surface area (Å²) in [6, 6.07) is 7.57. The quantitative estimate of drug-likeness (QED) is 0.731. The van der Waals surface area contributed by atoms with Gasteiger partial charge in [0.15, 0.2) is 0 Å². The molecule has 1 heterocycles. The summed E-state index contributed by atoms with van der Waals surface area (Å²) < 4.78 is 0. The van der Waals surface area contributed by atoms with Gasteiger partial charge < -0.3 is 11.5 Å². The molecule has 0 atom stereocenters. The van der Waals surface area contributed by atoms with Gasteiger partial charge in [-0.05, 0) is 17.7 Å². The molecule has 0 saturated carbocycles. The zero-order valence-electron chi connectivity index (χ0n) is 9.09. The maximum atomic E-state index is 5.49. The van der Waals surface area contributed by atoms with Crippen LogP contribution in [0.25, 0.3) is 0 Å². The first-order valence-electron chi connectivity index (χ1n) is 4.99. The van der Waals surface area contributed by atoms with Crippen LogP contribution < -0.4 is 11.5 Å². The first-order valence-corrected chi connectivity index (χ1v) is 4.99. The van der Waals surface area contributed by atoms with E-state index in [2.05, 4.69) is 20.9 Å². The van der Waals surface area contributed by atoms with Gasteiger partial charge in [-0.3, -0.25) is 0 Å². The first-order chi connectivity index (χ1) is 8.17. The van der Waals surface area contributed by atoms with Crippen molar-refractivity contribution in [3.05, 3.63) is 41.2 Å². The highest BCUT2D eigenvalue weighted by atomic mass is 15.1. The number of hydrogen-bond acceptors (Lipinski definition) is 5. The number of terminal acetylenes is 1. The summed E-state index contributed by atoms with van der Waals surface area (Å²) in [6.45, 7) is 0. The molecule has 84 valence electrons. The topological polar surface area (TPSA) is 90.7 Å². The average Bonchev–Trinajstić information content (AvgIpc) is 2.28. The fourth-order valence-corrected chi connectivity index (χ4v) is 1.44. The Labute approximate surface area is 98.9 Å². The van der Waals surface area contributed by atoms with Crippen molar-refractivity contribution in [1.29, 1.82) is 0 Å². The fourth-order valence-electron chi connectivity index (χ4n) is 1.44. The Morgan fingerprint density at radius 1 is 1.00 bits per heavy atom. The molecule has 0 unspecified atom stereocenters. The van der Waals surface area contributed by atoms with Gasteiger partial charge in [0.05, 0.1) is 0 Å². The molecule has 1 aromatic heterocycles. The van der Waals surface area contributed by atoms with Crippen LogP contribution >= 0.6 is 0 Å². The van der Waals surface area contributed by atoms with Gasteiger partial charge in [-0.2, -0.15) is 15.0 Å². The van der Waals surface area contributed by atoms with Crippen LogP contribution in [0.4, 0.5) is 11.9 Å². The number of hydrogen-bond donors (Lipinski definition) is 2. The van der Waals surface area contributed by atoms with Crippen LogP contribution in [0.15, 0.2) is 24.3 Å². The number of nitrogens with two attached hydrogens (primary N) is 2. The standard InChI is InChI=1S/C12H11N5/c1-2-8-3-5-9(6-4-8)7-10-15-11(13)17-12(14)16-10/h1,3-6H,7H2,(H4,13,14,15,16,17). The van der Waals surface area contributed by atoms with Gasteiger partial charge in [0.1, 0.15) is 5.82 Å². The summed E-state index contributed by atoms with van der Waals surface area (Å²) in [5.41, 5.74) is 12.9. The summed E-state index contributed by atoms with van der Waals surface area (Å²) in [7, 11) is 0.